The van der Waals surface area contributed by atoms with Crippen LogP contribution in [-0.2, 0) is 9.47 Å². The molecule has 120 valence electrons. The van der Waals surface area contributed by atoms with E-state index in [1.54, 1.807) is 0 Å². The number of hydrogen-bond acceptors (Lipinski definition) is 5. The number of ether oxygens (including phenoxy) is 2. The molecule has 2 rings (SSSR count). The number of nitrogens with zero attached hydrogens (tertiary/aromatic N) is 2. The summed E-state index contributed by atoms with van der Waals surface area (Å²) in [5, 5.41) is 12.7. The van der Waals surface area contributed by atoms with Crippen LogP contribution in [0, 0.1) is 0 Å². The highest BCUT2D eigenvalue weighted by molar-refractivity contribution is 5.74. The van der Waals surface area contributed by atoms with Crippen molar-refractivity contribution in [3.05, 3.63) is 0 Å². The summed E-state index contributed by atoms with van der Waals surface area (Å²) in [4.78, 5) is 24.9. The first-order chi connectivity index (χ1) is 10.1. The lowest BCUT2D eigenvalue weighted by Gasteiger charge is -2.44. The zero-order chi connectivity index (χ0) is 15.4. The van der Waals surface area contributed by atoms with Gasteiger partial charge in [0.1, 0.15) is 18.7 Å². The molecule has 0 radical (unpaired) electrons. The Bertz CT molecular complexity index is 386. The molecule has 0 saturated carbocycles. The lowest BCUT2D eigenvalue weighted by Crippen LogP contribution is -3.19. The van der Waals surface area contributed by atoms with E-state index in [0.29, 0.717) is 0 Å². The van der Waals surface area contributed by atoms with Crippen LogP contribution in [0.25, 0.3) is 0 Å². The van der Waals surface area contributed by atoms with E-state index in [4.69, 9.17) is 4.74 Å². The minimum absolute atomic E-state index is 0.0376. The fourth-order valence-corrected chi connectivity index (χ4v) is 3.14. The van der Waals surface area contributed by atoms with Crippen molar-refractivity contribution in [3.63, 3.8) is 0 Å². The van der Waals surface area contributed by atoms with Crippen LogP contribution in [0.1, 0.15) is 19.3 Å². The number of nitrogens with one attached hydrogen (secondary N) is 1. The molecule has 2 heterocycles. The second-order valence-corrected chi connectivity index (χ2v) is 5.50. The summed E-state index contributed by atoms with van der Waals surface area (Å²) < 4.78 is 9.40. The highest BCUT2D eigenvalue weighted by atomic mass is 16.6. The van der Waals surface area contributed by atoms with Crippen LogP contribution in [0.2, 0.25) is 0 Å². The summed E-state index contributed by atoms with van der Waals surface area (Å²) in [6.07, 6.45) is 1.48. The summed E-state index contributed by atoms with van der Waals surface area (Å²) in [5.41, 5.74) is 0. The topological polar surface area (TPSA) is 83.8 Å². The highest BCUT2D eigenvalue weighted by Gasteiger charge is 2.44. The van der Waals surface area contributed by atoms with Crippen molar-refractivity contribution in [2.45, 2.75) is 31.4 Å². The number of β-amino-alcohol motifs (C(OH)–C–C–N with tert-alkyl or cyclic N) is 1. The molecular weight excluding hydrogens is 278 g/mol. The molecule has 2 amide bonds. The zero-order valence-corrected chi connectivity index (χ0v) is 12.6. The molecule has 0 aromatic carbocycles. The molecule has 2 aliphatic rings. The Hall–Kier alpha value is -1.54. The van der Waals surface area contributed by atoms with Crippen LogP contribution in [-0.4, -0.2) is 79.9 Å². The van der Waals surface area contributed by atoms with Gasteiger partial charge in [-0.2, -0.15) is 0 Å². The molecule has 0 aromatic heterocycles. The van der Waals surface area contributed by atoms with E-state index >= 15 is 0 Å². The molecule has 2 saturated heterocycles. The lowest BCUT2D eigenvalue weighted by atomic mass is 10.0. The third-order valence-corrected chi connectivity index (χ3v) is 4.28. The number of hydrogen-bond donors (Lipinski definition) is 2. The summed E-state index contributed by atoms with van der Waals surface area (Å²) in [6.45, 7) is 2.25. The first-order valence-corrected chi connectivity index (χ1v) is 7.32. The van der Waals surface area contributed by atoms with Gasteiger partial charge in [-0.25, -0.2) is 19.6 Å². The minimum atomic E-state index is -0.682. The predicted octanol–water partition coefficient (Wildman–Crippen LogP) is -1.15. The number of aliphatic hydroxyl groups is 1. The SMILES string of the molecule is COC(=O)N1C[C@H](O)[C@@H]([NH+]2CCCCC2)CN1C(=O)OC. The van der Waals surface area contributed by atoms with E-state index in [1.807, 2.05) is 0 Å². The van der Waals surface area contributed by atoms with Gasteiger partial charge in [0.2, 0.25) is 0 Å². The van der Waals surface area contributed by atoms with Crippen LogP contribution in [0.15, 0.2) is 0 Å². The first-order valence-electron chi connectivity index (χ1n) is 7.32. The second kappa shape index (κ2) is 6.95. The Kier molecular flexibility index (Phi) is 5.24. The third kappa shape index (κ3) is 3.38. The molecule has 0 spiro atoms. The fraction of sp³-hybridized carbons (Fsp3) is 0.846. The van der Waals surface area contributed by atoms with Gasteiger partial charge < -0.3 is 19.5 Å². The number of hydrazine groups is 1. The Morgan fingerprint density at radius 2 is 1.52 bits per heavy atom. The molecule has 21 heavy (non-hydrogen) atoms. The normalized spacial score (nSPS) is 27.4. The van der Waals surface area contributed by atoms with Gasteiger partial charge in [0, 0.05) is 0 Å². The third-order valence-electron chi connectivity index (χ3n) is 4.28. The van der Waals surface area contributed by atoms with Crippen molar-refractivity contribution in [1.29, 1.82) is 0 Å². The number of quaternary nitrogens is 1. The summed E-state index contributed by atoms with van der Waals surface area (Å²) in [6, 6.07) is -0.106. The summed E-state index contributed by atoms with van der Waals surface area (Å²) in [5.74, 6) is 0. The smallest absolute Gasteiger partial charge is 0.428 e. The molecule has 2 aliphatic heterocycles. The number of rotatable bonds is 1. The highest BCUT2D eigenvalue weighted by Crippen LogP contribution is 2.14. The van der Waals surface area contributed by atoms with Crippen LogP contribution in [0.5, 0.6) is 0 Å². The summed E-state index contributed by atoms with van der Waals surface area (Å²) in [7, 11) is 2.51. The summed E-state index contributed by atoms with van der Waals surface area (Å²) >= 11 is 0. The van der Waals surface area contributed by atoms with E-state index in [9.17, 15) is 14.7 Å². The molecule has 2 atom stereocenters. The van der Waals surface area contributed by atoms with E-state index in [2.05, 4.69) is 4.74 Å². The molecule has 0 bridgehead atoms. The fourth-order valence-electron chi connectivity index (χ4n) is 3.14. The number of piperidine rings is 1. The second-order valence-electron chi connectivity index (χ2n) is 5.50. The maximum atomic E-state index is 11.9. The standard InChI is InChI=1S/C13H23N3O5/c1-20-12(18)15-8-10(14-6-4-3-5-7-14)11(17)9-16(15)13(19)21-2/h10-11,17H,3-9H2,1-2H3/p+1/t10-,11-/m0/s1. The molecule has 8 heteroatoms. The molecular formula is C13H24N3O5+. The van der Waals surface area contributed by atoms with Crippen molar-refractivity contribution in [2.75, 3.05) is 40.4 Å². The van der Waals surface area contributed by atoms with E-state index in [0.717, 1.165) is 30.9 Å². The van der Waals surface area contributed by atoms with Crippen molar-refractivity contribution in [3.8, 4) is 0 Å². The Morgan fingerprint density at radius 3 is 2.05 bits per heavy atom. The first kappa shape index (κ1) is 15.8. The van der Waals surface area contributed by atoms with Crippen molar-refractivity contribution in [1.82, 2.24) is 10.0 Å². The van der Waals surface area contributed by atoms with Gasteiger partial charge in [-0.05, 0) is 19.3 Å². The Labute approximate surface area is 124 Å². The number of carbonyl (C=O) groups is 2. The van der Waals surface area contributed by atoms with Crippen molar-refractivity contribution in [2.24, 2.45) is 0 Å². The zero-order valence-electron chi connectivity index (χ0n) is 12.6. The average molecular weight is 302 g/mol. The van der Waals surface area contributed by atoms with Gasteiger partial charge in [0.15, 0.2) is 0 Å². The maximum Gasteiger partial charge on any atom is 0.428 e. The van der Waals surface area contributed by atoms with E-state index in [-0.39, 0.29) is 19.1 Å². The van der Waals surface area contributed by atoms with Crippen molar-refractivity contribution < 1.29 is 29.1 Å². The van der Waals surface area contributed by atoms with Crippen LogP contribution < -0.4 is 4.90 Å². The lowest BCUT2D eigenvalue weighted by molar-refractivity contribution is -0.934. The van der Waals surface area contributed by atoms with Crippen LogP contribution in [0.4, 0.5) is 9.59 Å². The quantitative estimate of drug-likeness (QED) is 0.639. The van der Waals surface area contributed by atoms with Crippen LogP contribution in [0.3, 0.4) is 0 Å². The van der Waals surface area contributed by atoms with E-state index in [1.165, 1.54) is 30.5 Å². The molecule has 8 nitrogen and oxygen atoms in total. The Balaban J connectivity index is 2.13. The predicted molar refractivity (Wildman–Crippen MR) is 72.6 cm³/mol. The number of amides is 2. The van der Waals surface area contributed by atoms with Crippen LogP contribution >= 0.6 is 0 Å². The number of aliphatic hydroxyl groups excluding tert-OH is 1. The monoisotopic (exact) mass is 302 g/mol. The molecule has 0 aromatic rings. The average Bonchev–Trinajstić information content (AvgIpc) is 2.53. The van der Waals surface area contributed by atoms with E-state index < -0.39 is 18.3 Å². The number of likely N-dealkylation sites (tertiary alicyclic amines) is 1. The van der Waals surface area contributed by atoms with Gasteiger partial charge in [-0.15, -0.1) is 0 Å². The van der Waals surface area contributed by atoms with Gasteiger partial charge in [0.25, 0.3) is 0 Å². The largest absolute Gasteiger partial charge is 0.452 e. The number of carbonyl (C=O) groups excluding carboxylic acids is 2. The van der Waals surface area contributed by atoms with Gasteiger partial charge in [-0.1, -0.05) is 0 Å². The Morgan fingerprint density at radius 1 is 1.00 bits per heavy atom. The molecule has 0 aliphatic carbocycles. The molecule has 2 N–H and O–H groups in total. The minimum Gasteiger partial charge on any atom is -0.452 e. The number of methoxy groups -OCH3 is 2. The molecule has 2 fully saturated rings. The van der Waals surface area contributed by atoms with Gasteiger partial charge >= 0.3 is 12.2 Å². The van der Waals surface area contributed by atoms with Crippen molar-refractivity contribution >= 4 is 12.2 Å². The van der Waals surface area contributed by atoms with Gasteiger partial charge in [0.05, 0.1) is 33.9 Å². The maximum absolute atomic E-state index is 11.9. The van der Waals surface area contributed by atoms with Gasteiger partial charge in [-0.3, -0.25) is 0 Å². The molecule has 0 unspecified atom stereocenters.